The van der Waals surface area contributed by atoms with Gasteiger partial charge >= 0.3 is 0 Å². The van der Waals surface area contributed by atoms with Crippen molar-refractivity contribution < 1.29 is 17.9 Å². The summed E-state index contributed by atoms with van der Waals surface area (Å²) in [6.07, 6.45) is 0.835. The molecule has 124 valence electrons. The van der Waals surface area contributed by atoms with Crippen molar-refractivity contribution in [2.75, 3.05) is 6.61 Å². The quantitative estimate of drug-likeness (QED) is 0.786. The van der Waals surface area contributed by atoms with Crippen LogP contribution in [0.25, 0.3) is 0 Å². The molecule has 1 aliphatic heterocycles. The smallest absolute Gasteiger partial charge is 0.284 e. The zero-order valence-corrected chi connectivity index (χ0v) is 13.8. The van der Waals surface area contributed by atoms with E-state index in [1.165, 1.54) is 0 Å². The molecule has 23 heavy (non-hydrogen) atoms. The Morgan fingerprint density at radius 1 is 1.26 bits per heavy atom. The second-order valence-electron chi connectivity index (χ2n) is 5.17. The van der Waals surface area contributed by atoms with Crippen molar-refractivity contribution in [1.29, 1.82) is 0 Å². The number of hydrogen-bond acceptors (Lipinski definition) is 4. The highest BCUT2D eigenvalue weighted by molar-refractivity contribution is 7.98. The summed E-state index contributed by atoms with van der Waals surface area (Å²) in [5, 5.41) is 4.02. The number of rotatable bonds is 6. The molecule has 2 aromatic rings. The predicted octanol–water partition coefficient (Wildman–Crippen LogP) is 5.00. The summed E-state index contributed by atoms with van der Waals surface area (Å²) >= 11 is 6.71. The van der Waals surface area contributed by atoms with Crippen LogP contribution in [0.2, 0.25) is 5.02 Å². The molecule has 0 saturated carbocycles. The second kappa shape index (κ2) is 7.55. The molecule has 1 aliphatic rings. The number of benzene rings is 1. The first-order valence-corrected chi connectivity index (χ1v) is 8.68. The number of para-hydroxylation sites is 1. The number of ether oxygens (including phenoxy) is 1. The zero-order valence-electron chi connectivity index (χ0n) is 12.2. The largest absolute Gasteiger partial charge is 0.492 e. The van der Waals surface area contributed by atoms with Gasteiger partial charge in [0.2, 0.25) is 0 Å². The van der Waals surface area contributed by atoms with E-state index in [9.17, 15) is 8.78 Å². The molecule has 2 heterocycles. The Balaban J connectivity index is 1.60. The average molecular weight is 360 g/mol. The highest BCUT2D eigenvalue weighted by atomic mass is 35.5. The lowest BCUT2D eigenvalue weighted by molar-refractivity contribution is 0.249. The van der Waals surface area contributed by atoms with Gasteiger partial charge in [0.1, 0.15) is 17.3 Å². The first kappa shape index (κ1) is 16.6. The predicted molar refractivity (Wildman–Crippen MR) is 87.2 cm³/mol. The minimum absolute atomic E-state index is 0.126. The molecule has 0 saturated heterocycles. The van der Waals surface area contributed by atoms with Crippen molar-refractivity contribution in [1.82, 2.24) is 5.32 Å². The maximum atomic E-state index is 12.2. The molecule has 0 radical (unpaired) electrons. The summed E-state index contributed by atoms with van der Waals surface area (Å²) in [5.74, 6) is -0.197. The van der Waals surface area contributed by atoms with Crippen molar-refractivity contribution in [3.8, 4) is 5.75 Å². The number of fused-ring (bicyclic) bond motifs is 1. The standard InChI is InChI=1S/C16H16ClF2NO2S/c17-13-3-1-2-12-14(6-7-21-15(12)13)20-8-10-4-5-11(22-10)9-23-16(18)19/h1-5,14,16,20H,6-9H2. The van der Waals surface area contributed by atoms with E-state index in [1.807, 2.05) is 24.3 Å². The Labute approximate surface area is 142 Å². The zero-order chi connectivity index (χ0) is 16.2. The molecule has 0 spiro atoms. The number of thioether (sulfide) groups is 1. The van der Waals surface area contributed by atoms with Crippen LogP contribution in [-0.2, 0) is 12.3 Å². The van der Waals surface area contributed by atoms with Crippen LogP contribution >= 0.6 is 23.4 Å². The summed E-state index contributed by atoms with van der Waals surface area (Å²) in [5.41, 5.74) is 1.03. The molecule has 1 aromatic carbocycles. The van der Waals surface area contributed by atoms with Crippen LogP contribution in [0.4, 0.5) is 8.78 Å². The molecule has 0 bridgehead atoms. The Bertz CT molecular complexity index is 665. The van der Waals surface area contributed by atoms with Gasteiger partial charge < -0.3 is 14.5 Å². The lowest BCUT2D eigenvalue weighted by Crippen LogP contribution is -2.26. The van der Waals surface area contributed by atoms with Gasteiger partial charge in [-0.1, -0.05) is 35.5 Å². The normalized spacial score (nSPS) is 17.1. The fourth-order valence-electron chi connectivity index (χ4n) is 2.56. The Morgan fingerprint density at radius 3 is 2.91 bits per heavy atom. The van der Waals surface area contributed by atoms with Crippen molar-refractivity contribution >= 4 is 23.4 Å². The van der Waals surface area contributed by atoms with Crippen LogP contribution in [0.5, 0.6) is 5.75 Å². The Hall–Kier alpha value is -1.24. The van der Waals surface area contributed by atoms with E-state index in [1.54, 1.807) is 6.07 Å². The summed E-state index contributed by atoms with van der Waals surface area (Å²) < 4.78 is 35.5. The molecular formula is C16H16ClF2NO2S. The third kappa shape index (κ3) is 4.19. The van der Waals surface area contributed by atoms with Crippen LogP contribution in [-0.4, -0.2) is 12.4 Å². The van der Waals surface area contributed by atoms with Crippen molar-refractivity contribution in [2.24, 2.45) is 0 Å². The lowest BCUT2D eigenvalue weighted by Gasteiger charge is -2.27. The van der Waals surface area contributed by atoms with Gasteiger partial charge in [0.05, 0.1) is 23.9 Å². The van der Waals surface area contributed by atoms with E-state index in [4.69, 9.17) is 20.8 Å². The first-order valence-electron chi connectivity index (χ1n) is 7.25. The molecule has 0 aliphatic carbocycles. The maximum absolute atomic E-state index is 12.2. The highest BCUT2D eigenvalue weighted by Crippen LogP contribution is 2.37. The summed E-state index contributed by atoms with van der Waals surface area (Å²) in [6.45, 7) is 1.12. The minimum atomic E-state index is -2.38. The van der Waals surface area contributed by atoms with Crippen LogP contribution in [0.3, 0.4) is 0 Å². The van der Waals surface area contributed by atoms with E-state index in [0.29, 0.717) is 35.7 Å². The molecule has 7 heteroatoms. The Kier molecular flexibility index (Phi) is 5.46. The van der Waals surface area contributed by atoms with E-state index in [-0.39, 0.29) is 11.8 Å². The second-order valence-corrected chi connectivity index (χ2v) is 6.55. The van der Waals surface area contributed by atoms with E-state index in [0.717, 1.165) is 23.5 Å². The number of alkyl halides is 2. The number of nitrogens with one attached hydrogen (secondary N) is 1. The van der Waals surface area contributed by atoms with Gasteiger partial charge in [0.15, 0.2) is 0 Å². The van der Waals surface area contributed by atoms with Crippen LogP contribution in [0.1, 0.15) is 29.5 Å². The van der Waals surface area contributed by atoms with Crippen LogP contribution in [0, 0.1) is 0 Å². The molecular weight excluding hydrogens is 344 g/mol. The average Bonchev–Trinajstić information content (AvgIpc) is 2.99. The maximum Gasteiger partial charge on any atom is 0.284 e. The topological polar surface area (TPSA) is 34.4 Å². The van der Waals surface area contributed by atoms with Gasteiger partial charge in [-0.15, -0.1) is 0 Å². The van der Waals surface area contributed by atoms with Gasteiger partial charge in [-0.25, -0.2) is 0 Å². The van der Waals surface area contributed by atoms with Crippen LogP contribution < -0.4 is 10.1 Å². The molecule has 3 nitrogen and oxygen atoms in total. The number of hydrogen-bond donors (Lipinski definition) is 1. The van der Waals surface area contributed by atoms with Gasteiger partial charge in [0.25, 0.3) is 5.76 Å². The third-order valence-corrected chi connectivity index (χ3v) is 4.62. The highest BCUT2D eigenvalue weighted by Gasteiger charge is 2.23. The van der Waals surface area contributed by atoms with E-state index < -0.39 is 5.76 Å². The van der Waals surface area contributed by atoms with Gasteiger partial charge in [-0.2, -0.15) is 8.78 Å². The monoisotopic (exact) mass is 359 g/mol. The first-order chi connectivity index (χ1) is 11.1. The summed E-state index contributed by atoms with van der Waals surface area (Å²) in [4.78, 5) is 0. The van der Waals surface area contributed by atoms with Crippen molar-refractivity contribution in [3.63, 3.8) is 0 Å². The fourth-order valence-corrected chi connectivity index (χ4v) is 3.24. The van der Waals surface area contributed by atoms with Gasteiger partial charge in [-0.3, -0.25) is 0 Å². The fraction of sp³-hybridized carbons (Fsp3) is 0.375. The third-order valence-electron chi connectivity index (χ3n) is 3.62. The minimum Gasteiger partial charge on any atom is -0.492 e. The molecule has 3 rings (SSSR count). The van der Waals surface area contributed by atoms with Gasteiger partial charge in [-0.05, 0) is 18.2 Å². The van der Waals surface area contributed by atoms with Crippen molar-refractivity contribution in [2.45, 2.75) is 30.5 Å². The number of furan rings is 1. The number of halogens is 3. The van der Waals surface area contributed by atoms with Crippen LogP contribution in [0.15, 0.2) is 34.7 Å². The molecule has 1 aromatic heterocycles. The molecule has 0 amide bonds. The SMILES string of the molecule is FC(F)SCc1ccc(CNC2CCOc3c(Cl)cccc32)o1. The summed E-state index contributed by atoms with van der Waals surface area (Å²) in [7, 11) is 0. The molecule has 1 N–H and O–H groups in total. The molecule has 1 atom stereocenters. The van der Waals surface area contributed by atoms with E-state index >= 15 is 0 Å². The van der Waals surface area contributed by atoms with Crippen molar-refractivity contribution in [3.05, 3.63) is 52.4 Å². The lowest BCUT2D eigenvalue weighted by atomic mass is 10.0. The van der Waals surface area contributed by atoms with Gasteiger partial charge in [0, 0.05) is 18.0 Å². The molecule has 0 fully saturated rings. The Morgan fingerprint density at radius 2 is 2.09 bits per heavy atom. The molecule has 1 unspecified atom stereocenters. The summed E-state index contributed by atoms with van der Waals surface area (Å²) in [6, 6.07) is 9.37. The van der Waals surface area contributed by atoms with E-state index in [2.05, 4.69) is 5.32 Å².